The zero-order chi connectivity index (χ0) is 15.1. The molecular weight excluding hydrogens is 292 g/mol. The van der Waals surface area contributed by atoms with Gasteiger partial charge in [0.2, 0.25) is 0 Å². The van der Waals surface area contributed by atoms with Crippen LogP contribution in [0.2, 0.25) is 0 Å². The predicted molar refractivity (Wildman–Crippen MR) is 93.0 cm³/mol. The minimum atomic E-state index is 0.640. The number of thiophene rings is 1. The van der Waals surface area contributed by atoms with E-state index in [0.717, 1.165) is 26.2 Å². The second-order valence-corrected chi connectivity index (χ2v) is 7.81. The summed E-state index contributed by atoms with van der Waals surface area (Å²) in [7, 11) is 0. The van der Waals surface area contributed by atoms with Crippen LogP contribution in [-0.4, -0.2) is 47.1 Å². The molecule has 4 rings (SSSR count). The maximum Gasteiger partial charge on any atom is 0.150 e. The zero-order valence-electron chi connectivity index (χ0n) is 13.5. The Morgan fingerprint density at radius 1 is 1.05 bits per heavy atom. The van der Waals surface area contributed by atoms with Crippen LogP contribution in [0.5, 0.6) is 0 Å². The Labute approximate surface area is 136 Å². The molecule has 4 nitrogen and oxygen atoms in total. The lowest BCUT2D eigenvalue weighted by Crippen LogP contribution is -2.49. The average Bonchev–Trinajstić information content (AvgIpc) is 2.93. The Kier molecular flexibility index (Phi) is 3.78. The largest absolute Gasteiger partial charge is 0.353 e. The van der Waals surface area contributed by atoms with Crippen molar-refractivity contribution in [2.75, 3.05) is 31.1 Å². The Hall–Kier alpha value is -1.20. The molecule has 0 atom stereocenters. The van der Waals surface area contributed by atoms with Gasteiger partial charge in [0.25, 0.3) is 0 Å². The van der Waals surface area contributed by atoms with E-state index in [9.17, 15) is 0 Å². The molecule has 0 N–H and O–H groups in total. The topological polar surface area (TPSA) is 32.3 Å². The van der Waals surface area contributed by atoms with Gasteiger partial charge in [-0.2, -0.15) is 0 Å². The molecule has 0 saturated carbocycles. The third-order valence-corrected chi connectivity index (χ3v) is 6.33. The average molecular weight is 316 g/mol. The molecule has 2 aromatic heterocycles. The number of hydrogen-bond donors (Lipinski definition) is 0. The van der Waals surface area contributed by atoms with Crippen molar-refractivity contribution < 1.29 is 0 Å². The fourth-order valence-electron chi connectivity index (χ4n) is 3.71. The van der Waals surface area contributed by atoms with Crippen LogP contribution in [0.1, 0.15) is 37.1 Å². The second kappa shape index (κ2) is 5.78. The van der Waals surface area contributed by atoms with Crippen LogP contribution in [0.15, 0.2) is 6.33 Å². The van der Waals surface area contributed by atoms with E-state index in [2.05, 4.69) is 33.6 Å². The summed E-state index contributed by atoms with van der Waals surface area (Å²) in [5, 5.41) is 0. The van der Waals surface area contributed by atoms with Crippen molar-refractivity contribution in [3.8, 4) is 0 Å². The number of aryl methyl sites for hydroxylation is 2. The molecule has 2 aromatic rings. The summed E-state index contributed by atoms with van der Waals surface area (Å²) in [5.41, 5.74) is 2.74. The molecule has 118 valence electrons. The van der Waals surface area contributed by atoms with E-state index in [1.807, 2.05) is 11.3 Å². The number of fused-ring (bicyclic) bond motifs is 3. The minimum Gasteiger partial charge on any atom is -0.353 e. The molecule has 1 aliphatic heterocycles. The molecule has 0 bridgehead atoms. The highest BCUT2D eigenvalue weighted by Gasteiger charge is 2.24. The summed E-state index contributed by atoms with van der Waals surface area (Å²) in [5.74, 6) is 1.17. The van der Waals surface area contributed by atoms with Crippen LogP contribution >= 0.6 is 11.3 Å². The molecule has 0 radical (unpaired) electrons. The van der Waals surface area contributed by atoms with Gasteiger partial charge < -0.3 is 4.90 Å². The summed E-state index contributed by atoms with van der Waals surface area (Å²) >= 11 is 1.95. The molecule has 22 heavy (non-hydrogen) atoms. The first-order valence-corrected chi connectivity index (χ1v) is 9.30. The van der Waals surface area contributed by atoms with Gasteiger partial charge in [0.1, 0.15) is 12.1 Å². The van der Waals surface area contributed by atoms with Crippen molar-refractivity contribution in [2.24, 2.45) is 0 Å². The highest BCUT2D eigenvalue weighted by Crippen LogP contribution is 2.39. The Morgan fingerprint density at radius 3 is 2.59 bits per heavy atom. The Bertz CT molecular complexity index is 671. The second-order valence-electron chi connectivity index (χ2n) is 6.70. The molecule has 0 amide bonds. The van der Waals surface area contributed by atoms with Crippen molar-refractivity contribution in [1.29, 1.82) is 0 Å². The van der Waals surface area contributed by atoms with E-state index in [0.29, 0.717) is 6.04 Å². The van der Waals surface area contributed by atoms with Gasteiger partial charge in [0, 0.05) is 37.1 Å². The third-order valence-electron chi connectivity index (χ3n) is 5.06. The summed E-state index contributed by atoms with van der Waals surface area (Å²) in [6, 6.07) is 0.640. The quantitative estimate of drug-likeness (QED) is 0.852. The van der Waals surface area contributed by atoms with Gasteiger partial charge in [-0.25, -0.2) is 9.97 Å². The predicted octanol–water partition coefficient (Wildman–Crippen LogP) is 3.10. The minimum absolute atomic E-state index is 0.640. The van der Waals surface area contributed by atoms with E-state index in [-0.39, 0.29) is 0 Å². The van der Waals surface area contributed by atoms with Crippen LogP contribution in [0, 0.1) is 0 Å². The molecule has 1 fully saturated rings. The van der Waals surface area contributed by atoms with Crippen LogP contribution in [0.3, 0.4) is 0 Å². The van der Waals surface area contributed by atoms with Crippen molar-refractivity contribution in [1.82, 2.24) is 14.9 Å². The highest BCUT2D eigenvalue weighted by molar-refractivity contribution is 7.19. The molecule has 0 aromatic carbocycles. The number of rotatable bonds is 2. The van der Waals surface area contributed by atoms with Gasteiger partial charge >= 0.3 is 0 Å². The van der Waals surface area contributed by atoms with E-state index >= 15 is 0 Å². The first kappa shape index (κ1) is 14.4. The van der Waals surface area contributed by atoms with E-state index in [1.54, 1.807) is 11.2 Å². The van der Waals surface area contributed by atoms with Crippen molar-refractivity contribution in [3.63, 3.8) is 0 Å². The molecule has 5 heteroatoms. The summed E-state index contributed by atoms with van der Waals surface area (Å²) in [6.45, 7) is 8.99. The maximum absolute atomic E-state index is 4.65. The third kappa shape index (κ3) is 2.40. The Balaban J connectivity index is 1.66. The van der Waals surface area contributed by atoms with Gasteiger partial charge in [-0.1, -0.05) is 0 Å². The van der Waals surface area contributed by atoms with Crippen LogP contribution < -0.4 is 4.90 Å². The van der Waals surface area contributed by atoms with Gasteiger partial charge in [0.05, 0.1) is 10.2 Å². The maximum atomic E-state index is 4.65. The van der Waals surface area contributed by atoms with Crippen molar-refractivity contribution >= 4 is 27.4 Å². The first-order valence-electron chi connectivity index (χ1n) is 8.48. The van der Waals surface area contributed by atoms with E-state index < -0.39 is 0 Å². The number of hydrogen-bond acceptors (Lipinski definition) is 5. The van der Waals surface area contributed by atoms with Gasteiger partial charge in [-0.15, -0.1) is 11.3 Å². The number of aromatic nitrogens is 2. The van der Waals surface area contributed by atoms with Gasteiger partial charge in [-0.3, -0.25) is 4.90 Å². The molecule has 1 aliphatic carbocycles. The van der Waals surface area contributed by atoms with E-state index in [4.69, 9.17) is 0 Å². The fourth-order valence-corrected chi connectivity index (χ4v) is 5.07. The monoisotopic (exact) mass is 316 g/mol. The Morgan fingerprint density at radius 2 is 1.82 bits per heavy atom. The van der Waals surface area contributed by atoms with E-state index in [1.165, 1.54) is 47.3 Å². The van der Waals surface area contributed by atoms with Crippen LogP contribution in [0.25, 0.3) is 10.2 Å². The summed E-state index contributed by atoms with van der Waals surface area (Å²) < 4.78 is 1.33. The van der Waals surface area contributed by atoms with Crippen LogP contribution in [0.4, 0.5) is 5.82 Å². The van der Waals surface area contributed by atoms with Crippen LogP contribution in [-0.2, 0) is 12.8 Å². The molecule has 1 saturated heterocycles. The molecule has 3 heterocycles. The molecular formula is C17H24N4S. The summed E-state index contributed by atoms with van der Waals surface area (Å²) in [6.07, 6.45) is 6.85. The number of nitrogens with zero attached hydrogens (tertiary/aromatic N) is 4. The summed E-state index contributed by atoms with van der Waals surface area (Å²) in [4.78, 5) is 15.8. The van der Waals surface area contributed by atoms with Crippen molar-refractivity contribution in [2.45, 2.75) is 45.6 Å². The van der Waals surface area contributed by atoms with Gasteiger partial charge in [-0.05, 0) is 45.1 Å². The van der Waals surface area contributed by atoms with Crippen molar-refractivity contribution in [3.05, 3.63) is 16.8 Å². The molecule has 2 aliphatic rings. The lowest BCUT2D eigenvalue weighted by atomic mass is 9.98. The number of anilines is 1. The molecule has 0 spiro atoms. The fraction of sp³-hybridized carbons (Fsp3) is 0.647. The highest BCUT2D eigenvalue weighted by atomic mass is 32.1. The lowest BCUT2D eigenvalue weighted by Gasteiger charge is -2.37. The smallest absolute Gasteiger partial charge is 0.150 e. The SMILES string of the molecule is CC(C)N1CCN(c2ncnc3c4c(sc23)CCCC4)CC1. The van der Waals surface area contributed by atoms with Gasteiger partial charge in [0.15, 0.2) is 0 Å². The first-order chi connectivity index (χ1) is 10.7. The number of piperazine rings is 1. The normalized spacial score (nSPS) is 19.9. The zero-order valence-corrected chi connectivity index (χ0v) is 14.3. The molecule has 0 unspecified atom stereocenters. The standard InChI is InChI=1S/C17H24N4S/c1-12(2)20-7-9-21(10-8-20)17-16-15(18-11-19-17)13-5-3-4-6-14(13)22-16/h11-12H,3-10H2,1-2H3. The lowest BCUT2D eigenvalue weighted by molar-refractivity contribution is 0.209.